The first-order chi connectivity index (χ1) is 16.3. The largest absolute Gasteiger partial charge is 0.462 e. The fourth-order valence-corrected chi connectivity index (χ4v) is 3.99. The lowest BCUT2D eigenvalue weighted by Crippen LogP contribution is -2.42. The molecule has 0 radical (unpaired) electrons. The molecule has 1 aromatic heterocycles. The number of anilines is 3. The number of amides is 1. The minimum Gasteiger partial charge on any atom is -0.462 e. The zero-order valence-corrected chi connectivity index (χ0v) is 17.7. The Bertz CT molecular complexity index is 1270. The fraction of sp³-hybridized carbons (Fsp3) is 0.318. The highest BCUT2D eigenvalue weighted by Gasteiger charge is 2.34. The predicted octanol–water partition coefficient (Wildman–Crippen LogP) is 3.57. The molecule has 2 aliphatic heterocycles. The molecule has 2 bridgehead atoms. The highest BCUT2D eigenvalue weighted by Crippen LogP contribution is 2.37. The van der Waals surface area contributed by atoms with Gasteiger partial charge in [0.2, 0.25) is 0 Å². The number of rotatable bonds is 1. The number of hydrogen-bond acceptors (Lipinski definition) is 7. The second-order valence-electron chi connectivity index (χ2n) is 7.74. The van der Waals surface area contributed by atoms with E-state index in [0.29, 0.717) is 10.9 Å². The van der Waals surface area contributed by atoms with Gasteiger partial charge < -0.3 is 25.0 Å². The molecule has 12 heteroatoms. The minimum absolute atomic E-state index is 0.000993. The third kappa shape index (κ3) is 4.16. The summed E-state index contributed by atoms with van der Waals surface area (Å²) in [6.45, 7) is 0.356. The molecule has 3 heterocycles. The Balaban J connectivity index is 1.59. The molecule has 1 amide bonds. The summed E-state index contributed by atoms with van der Waals surface area (Å²) < 4.78 is 66.3. The number of hydrogen-bond donors (Lipinski definition) is 2. The van der Waals surface area contributed by atoms with Crippen molar-refractivity contribution in [1.82, 2.24) is 9.97 Å². The van der Waals surface area contributed by atoms with Crippen molar-refractivity contribution in [2.75, 3.05) is 48.4 Å². The number of carbonyl (C=O) groups excluding carboxylic acids is 1. The smallest absolute Gasteiger partial charge is 0.418 e. The van der Waals surface area contributed by atoms with Crippen molar-refractivity contribution < 1.29 is 31.8 Å². The summed E-state index contributed by atoms with van der Waals surface area (Å²) in [5.41, 5.74) is -0.193. The number of nitrogens with zero attached hydrogens (tertiary/aromatic N) is 3. The van der Waals surface area contributed by atoms with E-state index in [1.54, 1.807) is 6.07 Å². The number of ether oxygens (including phenoxy) is 2. The van der Waals surface area contributed by atoms with Crippen LogP contribution in [0.2, 0.25) is 0 Å². The maximum absolute atomic E-state index is 14.9. The molecule has 0 saturated carbocycles. The molecule has 0 unspecified atom stereocenters. The van der Waals surface area contributed by atoms with Crippen LogP contribution in [0.25, 0.3) is 10.9 Å². The molecular weight excluding hydrogens is 458 g/mol. The Hall–Kier alpha value is -3.67. The summed E-state index contributed by atoms with van der Waals surface area (Å²) >= 11 is 0. The average Bonchev–Trinajstić information content (AvgIpc) is 2.82. The minimum atomic E-state index is -4.54. The first kappa shape index (κ1) is 22.1. The molecule has 0 atom stereocenters. The maximum atomic E-state index is 14.9. The van der Waals surface area contributed by atoms with E-state index >= 15 is 0 Å². The zero-order chi connectivity index (χ0) is 23.9. The topological polar surface area (TPSA) is 88.6 Å². The molecule has 5 rings (SSSR count). The van der Waals surface area contributed by atoms with Gasteiger partial charge in [0, 0.05) is 31.1 Å². The van der Waals surface area contributed by atoms with E-state index in [2.05, 4.69) is 20.6 Å². The van der Waals surface area contributed by atoms with Gasteiger partial charge in [0.05, 0.1) is 29.1 Å². The highest BCUT2D eigenvalue weighted by molar-refractivity contribution is 5.99. The zero-order valence-electron chi connectivity index (χ0n) is 17.7. The van der Waals surface area contributed by atoms with Gasteiger partial charge in [0.25, 0.3) is 5.91 Å². The molecule has 1 saturated heterocycles. The van der Waals surface area contributed by atoms with Crippen molar-refractivity contribution in [3.8, 4) is 6.01 Å². The number of nitrogens with one attached hydrogen (secondary N) is 2. The summed E-state index contributed by atoms with van der Waals surface area (Å²) in [6, 6.07) is 6.50. The second kappa shape index (κ2) is 8.60. The van der Waals surface area contributed by atoms with E-state index in [-0.39, 0.29) is 74.1 Å². The van der Waals surface area contributed by atoms with Crippen LogP contribution in [0.15, 0.2) is 30.3 Å². The summed E-state index contributed by atoms with van der Waals surface area (Å²) in [5.74, 6) is -0.790. The monoisotopic (exact) mass is 477 g/mol. The Morgan fingerprint density at radius 3 is 2.74 bits per heavy atom. The van der Waals surface area contributed by atoms with Gasteiger partial charge in [-0.05, 0) is 17.7 Å². The van der Waals surface area contributed by atoms with E-state index in [1.165, 1.54) is 23.1 Å². The molecule has 34 heavy (non-hydrogen) atoms. The molecule has 2 aliphatic rings. The van der Waals surface area contributed by atoms with Crippen molar-refractivity contribution in [1.29, 1.82) is 0 Å². The van der Waals surface area contributed by atoms with E-state index < -0.39 is 17.6 Å². The number of morpholine rings is 1. The molecule has 178 valence electrons. The Kier molecular flexibility index (Phi) is 5.60. The van der Waals surface area contributed by atoms with Crippen molar-refractivity contribution in [2.24, 2.45) is 0 Å². The first-order valence-corrected chi connectivity index (χ1v) is 10.5. The van der Waals surface area contributed by atoms with Crippen LogP contribution in [0.4, 0.5) is 34.8 Å². The van der Waals surface area contributed by atoms with Crippen molar-refractivity contribution >= 4 is 34.0 Å². The maximum Gasteiger partial charge on any atom is 0.418 e. The summed E-state index contributed by atoms with van der Waals surface area (Å²) in [7, 11) is 0. The average molecular weight is 477 g/mol. The Labute approximate surface area is 190 Å². The van der Waals surface area contributed by atoms with E-state index in [0.717, 1.165) is 6.07 Å². The lowest BCUT2D eigenvalue weighted by molar-refractivity contribution is -0.137. The number of benzene rings is 2. The summed E-state index contributed by atoms with van der Waals surface area (Å²) in [6.07, 6.45) is -4.54. The van der Waals surface area contributed by atoms with Crippen LogP contribution in [-0.2, 0) is 22.3 Å². The lowest BCUT2D eigenvalue weighted by atomic mass is 10.1. The molecular formula is C22H19F4N5O3. The molecule has 8 nitrogen and oxygen atoms in total. The van der Waals surface area contributed by atoms with E-state index in [4.69, 9.17) is 9.47 Å². The van der Waals surface area contributed by atoms with Crippen LogP contribution in [0.1, 0.15) is 11.1 Å². The van der Waals surface area contributed by atoms with Crippen molar-refractivity contribution in [3.63, 3.8) is 0 Å². The number of fused-ring (bicyclic) bond motifs is 5. The predicted molar refractivity (Wildman–Crippen MR) is 115 cm³/mol. The van der Waals surface area contributed by atoms with Gasteiger partial charge in [0.15, 0.2) is 0 Å². The number of para-hydroxylation sites is 1. The number of alkyl halides is 3. The van der Waals surface area contributed by atoms with E-state index in [1.807, 2.05) is 0 Å². The molecule has 2 N–H and O–H groups in total. The van der Waals surface area contributed by atoms with Gasteiger partial charge in [-0.25, -0.2) is 4.39 Å². The Morgan fingerprint density at radius 1 is 1.09 bits per heavy atom. The van der Waals surface area contributed by atoms with Gasteiger partial charge in [-0.15, -0.1) is 0 Å². The van der Waals surface area contributed by atoms with E-state index in [9.17, 15) is 22.4 Å². The third-order valence-electron chi connectivity index (χ3n) is 5.56. The van der Waals surface area contributed by atoms with Crippen LogP contribution in [-0.4, -0.2) is 48.8 Å². The molecule has 3 aromatic rings. The number of halogens is 4. The number of aromatic nitrogens is 2. The molecule has 0 aliphatic carbocycles. The molecule has 2 aromatic carbocycles. The third-order valence-corrected chi connectivity index (χ3v) is 5.56. The van der Waals surface area contributed by atoms with Gasteiger partial charge in [-0.2, -0.15) is 23.1 Å². The first-order valence-electron chi connectivity index (χ1n) is 10.5. The SMILES string of the molecule is O=C1COCCN1c1cc2c3nc(nc2cc1F)OCCNc1c(cccc1C(F)(F)F)CN3. The standard InChI is InChI=1S/C22H19F4N5O3/c23-15-9-16-13(8-17(15)31-5-7-33-11-18(31)32)20-28-10-12-2-1-3-14(22(24,25)26)19(12)27-4-6-34-21(29-16)30-20/h1-3,8-9,27H,4-7,10-11H2,(H,28,29,30). The van der Waals surface area contributed by atoms with Gasteiger partial charge in [-0.1, -0.05) is 12.1 Å². The van der Waals surface area contributed by atoms with Crippen LogP contribution in [0.5, 0.6) is 6.01 Å². The van der Waals surface area contributed by atoms with Gasteiger partial charge in [0.1, 0.15) is 24.8 Å². The highest BCUT2D eigenvalue weighted by atomic mass is 19.4. The fourth-order valence-electron chi connectivity index (χ4n) is 3.99. The lowest BCUT2D eigenvalue weighted by Gasteiger charge is -2.27. The molecule has 0 spiro atoms. The summed E-state index contributed by atoms with van der Waals surface area (Å²) in [5, 5.41) is 6.22. The van der Waals surface area contributed by atoms with Gasteiger partial charge >= 0.3 is 12.2 Å². The van der Waals surface area contributed by atoms with Crippen LogP contribution in [0.3, 0.4) is 0 Å². The number of carbonyl (C=O) groups is 1. The quantitative estimate of drug-likeness (QED) is 0.518. The van der Waals surface area contributed by atoms with Crippen LogP contribution in [0, 0.1) is 5.82 Å². The second-order valence-corrected chi connectivity index (χ2v) is 7.74. The van der Waals surface area contributed by atoms with Crippen molar-refractivity contribution in [2.45, 2.75) is 12.7 Å². The normalized spacial score (nSPS) is 16.7. The van der Waals surface area contributed by atoms with Crippen LogP contribution < -0.4 is 20.3 Å². The molecule has 1 fully saturated rings. The summed E-state index contributed by atoms with van der Waals surface area (Å²) in [4.78, 5) is 22.1. The van der Waals surface area contributed by atoms with Gasteiger partial charge in [-0.3, -0.25) is 4.79 Å². The van der Waals surface area contributed by atoms with Crippen LogP contribution >= 0.6 is 0 Å². The van der Waals surface area contributed by atoms with Crippen molar-refractivity contribution in [3.05, 3.63) is 47.3 Å². The Morgan fingerprint density at radius 2 is 1.94 bits per heavy atom.